The van der Waals surface area contributed by atoms with Crippen LogP contribution in [0.15, 0.2) is 12.2 Å². The minimum Gasteiger partial charge on any atom is -0.294 e. The van der Waals surface area contributed by atoms with Crippen LogP contribution in [0.3, 0.4) is 0 Å². The van der Waals surface area contributed by atoms with Crippen LogP contribution in [0.25, 0.3) is 0 Å². The molecular weight excluding hydrogens is 280 g/mol. The third kappa shape index (κ3) is 13.5. The van der Waals surface area contributed by atoms with Crippen molar-refractivity contribution in [1.82, 2.24) is 0 Å². The predicted molar refractivity (Wildman–Crippen MR) is 104 cm³/mol. The predicted octanol–water partition coefficient (Wildman–Crippen LogP) is 7.64. The van der Waals surface area contributed by atoms with Gasteiger partial charge in [0.1, 0.15) is 0 Å². The second-order valence-corrected chi connectivity index (χ2v) is 7.28. The van der Waals surface area contributed by atoms with Crippen LogP contribution in [0.1, 0.15) is 117 Å². The van der Waals surface area contributed by atoms with E-state index in [-0.39, 0.29) is 11.7 Å². The molecule has 0 aliphatic rings. The fraction of sp³-hybridized carbons (Fsp3) is 0.864. The van der Waals surface area contributed by atoms with Crippen LogP contribution < -0.4 is 0 Å². The van der Waals surface area contributed by atoms with Crippen molar-refractivity contribution >= 4 is 5.78 Å². The number of ketones is 1. The van der Waals surface area contributed by atoms with Crippen molar-refractivity contribution in [2.75, 3.05) is 0 Å². The number of hydrogen-bond donors (Lipinski definition) is 0. The third-order valence-corrected chi connectivity index (χ3v) is 4.94. The normalized spacial score (nSPS) is 12.3. The number of carbonyl (C=O) groups excluding carboxylic acids is 1. The molecule has 1 atom stereocenters. The van der Waals surface area contributed by atoms with Crippen LogP contribution in [-0.4, -0.2) is 5.78 Å². The van der Waals surface area contributed by atoms with Crippen molar-refractivity contribution in [2.45, 2.75) is 117 Å². The minimum absolute atomic E-state index is 0.222. The molecule has 23 heavy (non-hydrogen) atoms. The molecule has 0 saturated heterocycles. The van der Waals surface area contributed by atoms with E-state index in [1.54, 1.807) is 0 Å². The van der Waals surface area contributed by atoms with Gasteiger partial charge in [0.25, 0.3) is 0 Å². The summed E-state index contributed by atoms with van der Waals surface area (Å²) >= 11 is 0. The molecule has 0 heterocycles. The molecule has 1 heteroatoms. The minimum atomic E-state index is 0.222. The lowest BCUT2D eigenvalue weighted by Crippen LogP contribution is -2.14. The van der Waals surface area contributed by atoms with Crippen molar-refractivity contribution in [3.05, 3.63) is 12.2 Å². The van der Waals surface area contributed by atoms with Gasteiger partial charge in [-0.25, -0.2) is 0 Å². The molecule has 0 aromatic carbocycles. The van der Waals surface area contributed by atoms with E-state index in [1.807, 2.05) is 6.92 Å². The quantitative estimate of drug-likeness (QED) is 0.198. The van der Waals surface area contributed by atoms with Gasteiger partial charge in [-0.1, -0.05) is 104 Å². The zero-order chi connectivity index (χ0) is 17.3. The summed E-state index contributed by atoms with van der Waals surface area (Å²) in [7, 11) is 0. The topological polar surface area (TPSA) is 17.1 Å². The summed E-state index contributed by atoms with van der Waals surface area (Å²) in [6.45, 7) is 10.0. The van der Waals surface area contributed by atoms with E-state index in [9.17, 15) is 4.79 Å². The Kier molecular flexibility index (Phi) is 15.9. The Morgan fingerprint density at radius 1 is 0.739 bits per heavy atom. The van der Waals surface area contributed by atoms with Gasteiger partial charge in [-0.15, -0.1) is 0 Å². The van der Waals surface area contributed by atoms with Gasteiger partial charge in [0.05, 0.1) is 0 Å². The Balaban J connectivity index is 3.33. The van der Waals surface area contributed by atoms with Gasteiger partial charge >= 0.3 is 0 Å². The monoisotopic (exact) mass is 322 g/mol. The van der Waals surface area contributed by atoms with E-state index in [0.29, 0.717) is 0 Å². The summed E-state index contributed by atoms with van der Waals surface area (Å²) in [6.07, 6.45) is 20.0. The lowest BCUT2D eigenvalue weighted by molar-refractivity contribution is -0.119. The molecular formula is C22H42O. The average molecular weight is 323 g/mol. The molecule has 0 aliphatic heterocycles. The van der Waals surface area contributed by atoms with Crippen molar-refractivity contribution in [2.24, 2.45) is 5.92 Å². The SMILES string of the molecule is C=C(C)C(=O)C(CC)CCCCCCCCCCCCCCC. The van der Waals surface area contributed by atoms with Gasteiger partial charge in [0.2, 0.25) is 0 Å². The zero-order valence-electron chi connectivity index (χ0n) is 16.3. The lowest BCUT2D eigenvalue weighted by atomic mass is 9.91. The van der Waals surface area contributed by atoms with E-state index in [0.717, 1.165) is 18.4 Å². The Morgan fingerprint density at radius 3 is 1.48 bits per heavy atom. The highest BCUT2D eigenvalue weighted by Crippen LogP contribution is 2.19. The first-order chi connectivity index (χ1) is 11.1. The van der Waals surface area contributed by atoms with E-state index in [4.69, 9.17) is 0 Å². The summed E-state index contributed by atoms with van der Waals surface area (Å²) in [4.78, 5) is 11.9. The zero-order valence-corrected chi connectivity index (χ0v) is 16.3. The lowest BCUT2D eigenvalue weighted by Gasteiger charge is -2.13. The van der Waals surface area contributed by atoms with Crippen LogP contribution in [0.4, 0.5) is 0 Å². The second-order valence-electron chi connectivity index (χ2n) is 7.28. The van der Waals surface area contributed by atoms with Crippen LogP contribution in [0, 0.1) is 5.92 Å². The highest BCUT2D eigenvalue weighted by Gasteiger charge is 2.15. The highest BCUT2D eigenvalue weighted by atomic mass is 16.1. The molecule has 0 saturated carbocycles. The van der Waals surface area contributed by atoms with Gasteiger partial charge in [0.15, 0.2) is 5.78 Å². The van der Waals surface area contributed by atoms with E-state index < -0.39 is 0 Å². The Bertz CT molecular complexity index is 292. The Morgan fingerprint density at radius 2 is 1.13 bits per heavy atom. The number of allylic oxidation sites excluding steroid dienone is 1. The van der Waals surface area contributed by atoms with Gasteiger partial charge < -0.3 is 0 Å². The first-order valence-electron chi connectivity index (χ1n) is 10.3. The summed E-state index contributed by atoms with van der Waals surface area (Å²) in [5, 5.41) is 0. The van der Waals surface area contributed by atoms with Crippen LogP contribution in [-0.2, 0) is 4.79 Å². The maximum atomic E-state index is 11.9. The molecule has 0 amide bonds. The number of carbonyl (C=O) groups is 1. The molecule has 0 rings (SSSR count). The molecule has 136 valence electrons. The van der Waals surface area contributed by atoms with Crippen molar-refractivity contribution in [3.63, 3.8) is 0 Å². The first-order valence-corrected chi connectivity index (χ1v) is 10.3. The summed E-state index contributed by atoms with van der Waals surface area (Å²) < 4.78 is 0. The van der Waals surface area contributed by atoms with Gasteiger partial charge in [-0.2, -0.15) is 0 Å². The van der Waals surface area contributed by atoms with Gasteiger partial charge in [-0.05, 0) is 25.3 Å². The molecule has 0 N–H and O–H groups in total. The van der Waals surface area contributed by atoms with Crippen LogP contribution >= 0.6 is 0 Å². The molecule has 0 spiro atoms. The fourth-order valence-electron chi connectivity index (χ4n) is 3.28. The van der Waals surface area contributed by atoms with Crippen molar-refractivity contribution < 1.29 is 4.79 Å². The second kappa shape index (κ2) is 16.3. The number of rotatable bonds is 17. The summed E-state index contributed by atoms with van der Waals surface area (Å²) in [5.74, 6) is 0.506. The van der Waals surface area contributed by atoms with Crippen molar-refractivity contribution in [1.29, 1.82) is 0 Å². The first kappa shape index (κ1) is 22.4. The average Bonchev–Trinajstić information content (AvgIpc) is 2.54. The molecule has 1 nitrogen and oxygen atoms in total. The van der Waals surface area contributed by atoms with Crippen LogP contribution in [0.5, 0.6) is 0 Å². The maximum Gasteiger partial charge on any atom is 0.161 e. The highest BCUT2D eigenvalue weighted by molar-refractivity contribution is 5.95. The number of unbranched alkanes of at least 4 members (excludes halogenated alkanes) is 12. The van der Waals surface area contributed by atoms with Gasteiger partial charge in [0, 0.05) is 5.92 Å². The van der Waals surface area contributed by atoms with Crippen molar-refractivity contribution in [3.8, 4) is 0 Å². The summed E-state index contributed by atoms with van der Waals surface area (Å²) in [5.41, 5.74) is 0.728. The van der Waals surface area contributed by atoms with Gasteiger partial charge in [-0.3, -0.25) is 4.79 Å². The molecule has 0 aliphatic carbocycles. The third-order valence-electron chi connectivity index (χ3n) is 4.94. The summed E-state index contributed by atoms with van der Waals surface area (Å²) in [6, 6.07) is 0. The molecule has 0 aromatic heterocycles. The number of hydrogen-bond acceptors (Lipinski definition) is 1. The molecule has 0 fully saturated rings. The fourth-order valence-corrected chi connectivity index (χ4v) is 3.28. The molecule has 0 radical (unpaired) electrons. The largest absolute Gasteiger partial charge is 0.294 e. The van der Waals surface area contributed by atoms with Crippen LogP contribution in [0.2, 0.25) is 0 Å². The standard InChI is InChI=1S/C22H42O/c1-5-7-8-9-10-11-12-13-14-15-16-17-18-19-21(6-2)22(23)20(3)4/h21H,3,5-19H2,1-2,4H3. The maximum absolute atomic E-state index is 11.9. The Labute approximate surface area is 146 Å². The Hall–Kier alpha value is -0.590. The molecule has 1 unspecified atom stereocenters. The molecule has 0 aromatic rings. The molecule has 0 bridgehead atoms. The van der Waals surface area contributed by atoms with E-state index in [1.165, 1.54) is 83.5 Å². The number of Topliss-reactive ketones (excluding diaryl/α,β-unsaturated/α-hetero) is 1. The van der Waals surface area contributed by atoms with E-state index in [2.05, 4.69) is 20.4 Å². The van der Waals surface area contributed by atoms with E-state index >= 15 is 0 Å². The smallest absolute Gasteiger partial charge is 0.161 e.